The molecule has 0 aromatic carbocycles. The highest BCUT2D eigenvalue weighted by Crippen LogP contribution is 2.33. The van der Waals surface area contributed by atoms with Gasteiger partial charge in [0.05, 0.1) is 7.11 Å². The van der Waals surface area contributed by atoms with E-state index in [1.165, 1.54) is 13.2 Å². The van der Waals surface area contributed by atoms with Crippen LogP contribution >= 0.6 is 0 Å². The number of hydrogen-bond acceptors (Lipinski definition) is 4. The summed E-state index contributed by atoms with van der Waals surface area (Å²) in [5.74, 6) is -0.672. The lowest BCUT2D eigenvalue weighted by Crippen LogP contribution is -2.36. The average molecular weight is 226 g/mol. The molecule has 0 amide bonds. The molecule has 0 aliphatic carbocycles. The Labute approximate surface area is 95.6 Å². The van der Waals surface area contributed by atoms with Crippen LogP contribution in [0.4, 0.5) is 0 Å². The lowest BCUT2D eigenvalue weighted by atomic mass is 9.90. The molecular formula is C12H18O4. The fourth-order valence-corrected chi connectivity index (χ4v) is 1.80. The topological polar surface area (TPSA) is 52.6 Å². The van der Waals surface area contributed by atoms with Gasteiger partial charge in [0, 0.05) is 6.08 Å². The third-order valence-corrected chi connectivity index (χ3v) is 2.91. The second kappa shape index (κ2) is 5.14. The van der Waals surface area contributed by atoms with Crippen molar-refractivity contribution in [3.05, 3.63) is 11.8 Å². The minimum atomic E-state index is -0.834. The van der Waals surface area contributed by atoms with E-state index in [2.05, 4.69) is 11.7 Å². The summed E-state index contributed by atoms with van der Waals surface area (Å²) in [6, 6.07) is 0. The van der Waals surface area contributed by atoms with Crippen molar-refractivity contribution in [1.29, 1.82) is 0 Å². The van der Waals surface area contributed by atoms with Crippen LogP contribution < -0.4 is 0 Å². The number of methoxy groups -OCH3 is 1. The number of ether oxygens (including phenoxy) is 2. The van der Waals surface area contributed by atoms with Crippen LogP contribution in [0.15, 0.2) is 11.8 Å². The highest BCUT2D eigenvalue weighted by Gasteiger charge is 2.44. The molecule has 1 atom stereocenters. The predicted molar refractivity (Wildman–Crippen MR) is 58.7 cm³/mol. The van der Waals surface area contributed by atoms with Crippen LogP contribution in [-0.4, -0.2) is 24.5 Å². The molecule has 0 spiro atoms. The summed E-state index contributed by atoms with van der Waals surface area (Å²) in [5.41, 5.74) is -0.834. The van der Waals surface area contributed by atoms with E-state index < -0.39 is 11.6 Å². The average Bonchev–Trinajstić information content (AvgIpc) is 2.63. The molecule has 4 heteroatoms. The third kappa shape index (κ3) is 2.26. The van der Waals surface area contributed by atoms with Crippen LogP contribution in [0.5, 0.6) is 0 Å². The molecule has 0 N–H and O–H groups in total. The summed E-state index contributed by atoms with van der Waals surface area (Å²) in [6.45, 7) is 3.94. The van der Waals surface area contributed by atoms with Gasteiger partial charge in [-0.15, -0.1) is 0 Å². The van der Waals surface area contributed by atoms with Crippen molar-refractivity contribution in [2.75, 3.05) is 7.11 Å². The van der Waals surface area contributed by atoms with Gasteiger partial charge in [-0.05, 0) is 19.3 Å². The van der Waals surface area contributed by atoms with Gasteiger partial charge in [-0.25, -0.2) is 4.79 Å². The SMILES string of the molecule is CCCCC1(CC)OC(C(=O)OC)=CC1=O. The van der Waals surface area contributed by atoms with E-state index in [4.69, 9.17) is 4.74 Å². The van der Waals surface area contributed by atoms with Gasteiger partial charge in [0.15, 0.2) is 5.60 Å². The van der Waals surface area contributed by atoms with Crippen molar-refractivity contribution in [1.82, 2.24) is 0 Å². The van der Waals surface area contributed by atoms with Crippen LogP contribution in [0.3, 0.4) is 0 Å². The van der Waals surface area contributed by atoms with Crippen molar-refractivity contribution < 1.29 is 19.1 Å². The Kier molecular flexibility index (Phi) is 4.10. The summed E-state index contributed by atoms with van der Waals surface area (Å²) < 4.78 is 10.0. The molecule has 0 bridgehead atoms. The highest BCUT2D eigenvalue weighted by atomic mass is 16.6. The minimum Gasteiger partial charge on any atom is -0.472 e. The predicted octanol–water partition coefficient (Wildman–Crippen LogP) is 1.98. The normalized spacial score (nSPS) is 23.9. The molecule has 1 unspecified atom stereocenters. The number of hydrogen-bond donors (Lipinski definition) is 0. The fourth-order valence-electron chi connectivity index (χ4n) is 1.80. The van der Waals surface area contributed by atoms with Crippen LogP contribution in [0.2, 0.25) is 0 Å². The van der Waals surface area contributed by atoms with Crippen molar-refractivity contribution in [3.8, 4) is 0 Å². The fraction of sp³-hybridized carbons (Fsp3) is 0.667. The molecule has 0 saturated carbocycles. The summed E-state index contributed by atoms with van der Waals surface area (Å²) >= 11 is 0. The van der Waals surface area contributed by atoms with Gasteiger partial charge in [-0.2, -0.15) is 0 Å². The Morgan fingerprint density at radius 1 is 1.50 bits per heavy atom. The van der Waals surface area contributed by atoms with Crippen molar-refractivity contribution in [2.45, 2.75) is 45.1 Å². The summed E-state index contributed by atoms with van der Waals surface area (Å²) in [4.78, 5) is 23.1. The standard InChI is InChI=1S/C12H18O4/c1-4-6-7-12(5-2)10(13)8-9(16-12)11(14)15-3/h8H,4-7H2,1-3H3. The molecule has 1 heterocycles. The number of carbonyl (C=O) groups excluding carboxylic acids is 2. The zero-order valence-corrected chi connectivity index (χ0v) is 10.0. The van der Waals surface area contributed by atoms with Crippen molar-refractivity contribution in [2.24, 2.45) is 0 Å². The van der Waals surface area contributed by atoms with Gasteiger partial charge in [-0.1, -0.05) is 20.3 Å². The molecule has 4 nitrogen and oxygen atoms in total. The van der Waals surface area contributed by atoms with E-state index in [0.717, 1.165) is 12.8 Å². The van der Waals surface area contributed by atoms with Gasteiger partial charge in [0.2, 0.25) is 11.5 Å². The van der Waals surface area contributed by atoms with E-state index in [1.54, 1.807) is 0 Å². The first-order valence-electron chi connectivity index (χ1n) is 5.63. The van der Waals surface area contributed by atoms with Crippen LogP contribution in [0.1, 0.15) is 39.5 Å². The first kappa shape index (κ1) is 12.7. The Morgan fingerprint density at radius 3 is 2.69 bits per heavy atom. The first-order chi connectivity index (χ1) is 7.59. The molecule has 1 aliphatic rings. The molecule has 0 aromatic rings. The Bertz CT molecular complexity index is 319. The summed E-state index contributed by atoms with van der Waals surface area (Å²) in [6.07, 6.45) is 4.37. The molecule has 0 fully saturated rings. The zero-order valence-electron chi connectivity index (χ0n) is 10.0. The molecule has 1 aliphatic heterocycles. The number of unbranched alkanes of at least 4 members (excludes halogenated alkanes) is 1. The second-order valence-electron chi connectivity index (χ2n) is 3.92. The molecule has 0 saturated heterocycles. The van der Waals surface area contributed by atoms with Crippen LogP contribution in [-0.2, 0) is 19.1 Å². The first-order valence-corrected chi connectivity index (χ1v) is 5.63. The van der Waals surface area contributed by atoms with Crippen LogP contribution in [0.25, 0.3) is 0 Å². The van der Waals surface area contributed by atoms with Crippen molar-refractivity contribution in [3.63, 3.8) is 0 Å². The van der Waals surface area contributed by atoms with E-state index in [9.17, 15) is 9.59 Å². The Balaban J connectivity index is 2.79. The molecule has 0 radical (unpaired) electrons. The number of rotatable bonds is 5. The molecule has 0 aromatic heterocycles. The Morgan fingerprint density at radius 2 is 2.19 bits per heavy atom. The highest BCUT2D eigenvalue weighted by molar-refractivity contribution is 6.05. The van der Waals surface area contributed by atoms with Gasteiger partial charge >= 0.3 is 5.97 Å². The monoisotopic (exact) mass is 226 g/mol. The molecule has 90 valence electrons. The van der Waals surface area contributed by atoms with Gasteiger partial charge in [0.25, 0.3) is 0 Å². The number of carbonyl (C=O) groups is 2. The molecule has 16 heavy (non-hydrogen) atoms. The second-order valence-corrected chi connectivity index (χ2v) is 3.92. The maximum atomic E-state index is 11.9. The summed E-state index contributed by atoms with van der Waals surface area (Å²) in [5, 5.41) is 0. The smallest absolute Gasteiger partial charge is 0.373 e. The minimum absolute atomic E-state index is 0.0328. The number of esters is 1. The third-order valence-electron chi connectivity index (χ3n) is 2.91. The van der Waals surface area contributed by atoms with Crippen molar-refractivity contribution >= 4 is 11.8 Å². The Hall–Kier alpha value is -1.32. The van der Waals surface area contributed by atoms with Crippen LogP contribution in [0, 0.1) is 0 Å². The number of ketones is 1. The molecule has 1 rings (SSSR count). The van der Waals surface area contributed by atoms with Gasteiger partial charge < -0.3 is 9.47 Å². The maximum absolute atomic E-state index is 11.9. The van der Waals surface area contributed by atoms with E-state index >= 15 is 0 Å². The maximum Gasteiger partial charge on any atom is 0.373 e. The van der Waals surface area contributed by atoms with E-state index in [0.29, 0.717) is 12.8 Å². The largest absolute Gasteiger partial charge is 0.472 e. The lowest BCUT2D eigenvalue weighted by molar-refractivity contribution is -0.145. The summed E-state index contributed by atoms with van der Waals surface area (Å²) in [7, 11) is 1.27. The van der Waals surface area contributed by atoms with E-state index in [1.807, 2.05) is 6.92 Å². The lowest BCUT2D eigenvalue weighted by Gasteiger charge is -2.26. The van der Waals surface area contributed by atoms with E-state index in [-0.39, 0.29) is 11.5 Å². The molecular weight excluding hydrogens is 208 g/mol. The zero-order chi connectivity index (χ0) is 12.2. The van der Waals surface area contributed by atoms with Gasteiger partial charge in [-0.3, -0.25) is 4.79 Å². The van der Waals surface area contributed by atoms with Gasteiger partial charge in [0.1, 0.15) is 0 Å². The quantitative estimate of drug-likeness (QED) is 0.673.